The molecule has 7 heteroatoms. The second kappa shape index (κ2) is 12.0. The molecule has 0 aliphatic heterocycles. The summed E-state index contributed by atoms with van der Waals surface area (Å²) in [7, 11) is 1.28. The van der Waals surface area contributed by atoms with Crippen LogP contribution >= 0.6 is 0 Å². The smallest absolute Gasteiger partial charge is 0.339 e. The molecule has 2 amide bonds. The summed E-state index contributed by atoms with van der Waals surface area (Å²) in [6, 6.07) is 24.2. The SMILES string of the molecule is COC(=O)C(Cc1ccc(Oc2ccc(Cc3ccccc3)cc2)cc1)NC(=O)NOC(C)(C)C. The second-order valence-corrected chi connectivity index (χ2v) is 9.12. The van der Waals surface area contributed by atoms with E-state index < -0.39 is 23.6 Å². The van der Waals surface area contributed by atoms with E-state index in [4.69, 9.17) is 14.3 Å². The first-order valence-corrected chi connectivity index (χ1v) is 11.4. The molecule has 184 valence electrons. The number of hydrogen-bond acceptors (Lipinski definition) is 5. The van der Waals surface area contributed by atoms with Gasteiger partial charge in [0.2, 0.25) is 0 Å². The Labute approximate surface area is 206 Å². The highest BCUT2D eigenvalue weighted by molar-refractivity contribution is 5.83. The highest BCUT2D eigenvalue weighted by atomic mass is 16.7. The van der Waals surface area contributed by atoms with Crippen molar-refractivity contribution in [1.82, 2.24) is 10.8 Å². The van der Waals surface area contributed by atoms with Crippen LogP contribution in [0.15, 0.2) is 78.9 Å². The molecule has 0 heterocycles. The van der Waals surface area contributed by atoms with Gasteiger partial charge >= 0.3 is 12.0 Å². The third-order valence-electron chi connectivity index (χ3n) is 5.01. The van der Waals surface area contributed by atoms with E-state index in [-0.39, 0.29) is 6.42 Å². The predicted octanol–water partition coefficient (Wildman–Crippen LogP) is 5.18. The zero-order valence-electron chi connectivity index (χ0n) is 20.5. The van der Waals surface area contributed by atoms with Crippen molar-refractivity contribution in [3.8, 4) is 11.5 Å². The first-order chi connectivity index (χ1) is 16.7. The molecule has 0 bridgehead atoms. The van der Waals surface area contributed by atoms with Crippen molar-refractivity contribution in [3.05, 3.63) is 95.6 Å². The molecule has 2 N–H and O–H groups in total. The standard InChI is InChI=1S/C28H32N2O5/c1-28(2,3)35-30-27(32)29-25(26(31)33-4)19-22-12-16-24(17-13-22)34-23-14-10-21(11-15-23)18-20-8-6-5-7-9-20/h5-17,25H,18-19H2,1-4H3,(H2,29,30,32). The lowest BCUT2D eigenvalue weighted by atomic mass is 10.1. The molecule has 0 saturated heterocycles. The van der Waals surface area contributed by atoms with E-state index in [1.54, 1.807) is 20.8 Å². The third-order valence-corrected chi connectivity index (χ3v) is 5.01. The Bertz CT molecular complexity index is 1090. The zero-order chi connectivity index (χ0) is 25.3. The molecule has 0 fully saturated rings. The van der Waals surface area contributed by atoms with E-state index in [9.17, 15) is 9.59 Å². The Balaban J connectivity index is 1.56. The molecule has 0 saturated carbocycles. The largest absolute Gasteiger partial charge is 0.467 e. The van der Waals surface area contributed by atoms with Crippen molar-refractivity contribution in [1.29, 1.82) is 0 Å². The minimum absolute atomic E-state index is 0.254. The zero-order valence-corrected chi connectivity index (χ0v) is 20.5. The number of carbonyl (C=O) groups excluding carboxylic acids is 2. The fourth-order valence-electron chi connectivity index (χ4n) is 3.29. The van der Waals surface area contributed by atoms with Crippen LogP contribution in [0.5, 0.6) is 11.5 Å². The molecule has 3 aromatic rings. The number of methoxy groups -OCH3 is 1. The molecule has 1 atom stereocenters. The Morgan fingerprint density at radius 1 is 0.800 bits per heavy atom. The highest BCUT2D eigenvalue weighted by Crippen LogP contribution is 2.23. The van der Waals surface area contributed by atoms with E-state index in [0.717, 1.165) is 17.7 Å². The van der Waals surface area contributed by atoms with Gasteiger partial charge in [-0.05, 0) is 68.1 Å². The van der Waals surface area contributed by atoms with E-state index >= 15 is 0 Å². The summed E-state index contributed by atoms with van der Waals surface area (Å²) in [4.78, 5) is 29.5. The number of amides is 2. The number of hydrogen-bond donors (Lipinski definition) is 2. The summed E-state index contributed by atoms with van der Waals surface area (Å²) in [5, 5.41) is 2.58. The number of hydroxylamine groups is 1. The van der Waals surface area contributed by atoms with E-state index in [1.807, 2.05) is 54.6 Å². The quantitative estimate of drug-likeness (QED) is 0.328. The van der Waals surface area contributed by atoms with Crippen LogP contribution in [0.1, 0.15) is 37.5 Å². The number of benzene rings is 3. The monoisotopic (exact) mass is 476 g/mol. The first kappa shape index (κ1) is 25.8. The Morgan fingerprint density at radius 2 is 1.34 bits per heavy atom. The van der Waals surface area contributed by atoms with Gasteiger partial charge in [-0.15, -0.1) is 0 Å². The number of carbonyl (C=O) groups is 2. The maximum atomic E-state index is 12.2. The third kappa shape index (κ3) is 8.79. The van der Waals surface area contributed by atoms with Crippen LogP contribution in [-0.4, -0.2) is 30.8 Å². The maximum absolute atomic E-state index is 12.2. The minimum atomic E-state index is -0.868. The second-order valence-electron chi connectivity index (χ2n) is 9.12. The summed E-state index contributed by atoms with van der Waals surface area (Å²) in [5.41, 5.74) is 5.04. The number of urea groups is 1. The molecule has 0 aliphatic rings. The number of esters is 1. The summed E-state index contributed by atoms with van der Waals surface area (Å²) >= 11 is 0. The van der Waals surface area contributed by atoms with Crippen molar-refractivity contribution < 1.29 is 23.9 Å². The van der Waals surface area contributed by atoms with Gasteiger partial charge in [0.15, 0.2) is 0 Å². The average molecular weight is 477 g/mol. The Hall–Kier alpha value is -3.84. The molecule has 0 aliphatic carbocycles. The fraction of sp³-hybridized carbons (Fsp3) is 0.286. The van der Waals surface area contributed by atoms with E-state index in [1.165, 1.54) is 18.2 Å². The van der Waals surface area contributed by atoms with Gasteiger partial charge in [0, 0.05) is 6.42 Å². The van der Waals surface area contributed by atoms with Gasteiger partial charge < -0.3 is 14.8 Å². The van der Waals surface area contributed by atoms with Gasteiger partial charge in [0.1, 0.15) is 17.5 Å². The summed E-state index contributed by atoms with van der Waals surface area (Å²) < 4.78 is 10.8. The molecule has 0 aromatic heterocycles. The molecule has 3 aromatic carbocycles. The van der Waals surface area contributed by atoms with Gasteiger partial charge in [-0.1, -0.05) is 54.6 Å². The molecule has 1 unspecified atom stereocenters. The van der Waals surface area contributed by atoms with Crippen LogP contribution in [0.2, 0.25) is 0 Å². The first-order valence-electron chi connectivity index (χ1n) is 11.4. The predicted molar refractivity (Wildman–Crippen MR) is 134 cm³/mol. The lowest BCUT2D eigenvalue weighted by Gasteiger charge is -2.21. The summed E-state index contributed by atoms with van der Waals surface area (Å²) in [6.07, 6.45) is 1.12. The Kier molecular flexibility index (Phi) is 8.86. The molecule has 7 nitrogen and oxygen atoms in total. The Morgan fingerprint density at radius 3 is 1.89 bits per heavy atom. The molecule has 0 radical (unpaired) electrons. The van der Waals surface area contributed by atoms with Crippen molar-refractivity contribution in [2.45, 2.75) is 45.3 Å². The lowest BCUT2D eigenvalue weighted by molar-refractivity contribution is -0.142. The maximum Gasteiger partial charge on any atom is 0.339 e. The van der Waals surface area contributed by atoms with Crippen LogP contribution in [0.4, 0.5) is 4.79 Å². The number of rotatable bonds is 9. The van der Waals surface area contributed by atoms with Gasteiger partial charge in [-0.3, -0.25) is 4.84 Å². The van der Waals surface area contributed by atoms with E-state index in [2.05, 4.69) is 35.1 Å². The van der Waals surface area contributed by atoms with Crippen LogP contribution in [0, 0.1) is 0 Å². The normalized spacial score (nSPS) is 11.9. The van der Waals surface area contributed by atoms with Crippen LogP contribution < -0.4 is 15.5 Å². The summed E-state index contributed by atoms with van der Waals surface area (Å²) in [6.45, 7) is 5.40. The molecule has 35 heavy (non-hydrogen) atoms. The topological polar surface area (TPSA) is 85.9 Å². The van der Waals surface area contributed by atoms with Gasteiger partial charge in [-0.25, -0.2) is 15.1 Å². The molecule has 3 rings (SSSR count). The molecular weight excluding hydrogens is 444 g/mol. The van der Waals surface area contributed by atoms with Crippen LogP contribution in [0.25, 0.3) is 0 Å². The van der Waals surface area contributed by atoms with Crippen molar-refractivity contribution in [2.24, 2.45) is 0 Å². The lowest BCUT2D eigenvalue weighted by Crippen LogP contribution is -2.49. The van der Waals surface area contributed by atoms with Crippen LogP contribution in [-0.2, 0) is 27.2 Å². The fourth-order valence-corrected chi connectivity index (χ4v) is 3.29. The highest BCUT2D eigenvalue weighted by Gasteiger charge is 2.23. The van der Waals surface area contributed by atoms with Crippen LogP contribution in [0.3, 0.4) is 0 Å². The van der Waals surface area contributed by atoms with Crippen molar-refractivity contribution in [2.75, 3.05) is 7.11 Å². The molecule has 0 spiro atoms. The molecular formula is C28H32N2O5. The van der Waals surface area contributed by atoms with Gasteiger partial charge in [0.05, 0.1) is 12.7 Å². The summed E-state index contributed by atoms with van der Waals surface area (Å²) in [5.74, 6) is 0.856. The average Bonchev–Trinajstić information content (AvgIpc) is 2.84. The number of ether oxygens (including phenoxy) is 2. The van der Waals surface area contributed by atoms with Crippen molar-refractivity contribution in [3.63, 3.8) is 0 Å². The van der Waals surface area contributed by atoms with Gasteiger partial charge in [0.25, 0.3) is 0 Å². The van der Waals surface area contributed by atoms with Gasteiger partial charge in [-0.2, -0.15) is 0 Å². The van der Waals surface area contributed by atoms with E-state index in [0.29, 0.717) is 5.75 Å². The number of nitrogens with one attached hydrogen (secondary N) is 2. The van der Waals surface area contributed by atoms with Crippen molar-refractivity contribution >= 4 is 12.0 Å². The minimum Gasteiger partial charge on any atom is -0.467 e.